The van der Waals surface area contributed by atoms with Crippen LogP contribution in [0.25, 0.3) is 0 Å². The number of rotatable bonds is 3. The van der Waals surface area contributed by atoms with Crippen LogP contribution in [0.15, 0.2) is 30.7 Å². The number of amides is 1. The molecule has 0 spiro atoms. The molecule has 0 unspecified atom stereocenters. The van der Waals surface area contributed by atoms with Crippen LogP contribution in [-0.2, 0) is 0 Å². The lowest BCUT2D eigenvalue weighted by Gasteiger charge is -2.36. The quantitative estimate of drug-likeness (QED) is 0.815. The monoisotopic (exact) mass is 367 g/mol. The Morgan fingerprint density at radius 2 is 1.78 bits per heavy atom. The zero-order chi connectivity index (χ0) is 18.6. The summed E-state index contributed by atoms with van der Waals surface area (Å²) in [7, 11) is 0. The van der Waals surface area contributed by atoms with Crippen molar-refractivity contribution in [3.8, 4) is 0 Å². The predicted molar refractivity (Wildman–Crippen MR) is 103 cm³/mol. The molecule has 2 saturated heterocycles. The second-order valence-corrected chi connectivity index (χ2v) is 7.16. The van der Waals surface area contributed by atoms with E-state index < -0.39 is 0 Å². The number of carbonyl (C=O) groups is 1. The molecule has 0 aromatic carbocycles. The van der Waals surface area contributed by atoms with Gasteiger partial charge in [-0.05, 0) is 38.3 Å². The first-order chi connectivity index (χ1) is 13.2. The van der Waals surface area contributed by atoms with E-state index in [0.717, 1.165) is 31.3 Å². The van der Waals surface area contributed by atoms with Gasteiger partial charge in [0.2, 0.25) is 0 Å². The molecule has 8 heteroatoms. The van der Waals surface area contributed by atoms with Gasteiger partial charge in [-0.15, -0.1) is 10.2 Å². The van der Waals surface area contributed by atoms with Crippen LogP contribution in [0.5, 0.6) is 0 Å². The summed E-state index contributed by atoms with van der Waals surface area (Å²) in [5.41, 5.74) is 0.394. The van der Waals surface area contributed by atoms with E-state index in [4.69, 9.17) is 0 Å². The molecular weight excluding hydrogens is 342 g/mol. The fourth-order valence-electron chi connectivity index (χ4n) is 3.79. The summed E-state index contributed by atoms with van der Waals surface area (Å²) in [4.78, 5) is 26.9. The highest BCUT2D eigenvalue weighted by molar-refractivity contribution is 5.92. The molecule has 0 bridgehead atoms. The second kappa shape index (κ2) is 7.85. The summed E-state index contributed by atoms with van der Waals surface area (Å²) in [5.74, 6) is 1.76. The van der Waals surface area contributed by atoms with E-state index >= 15 is 0 Å². The first kappa shape index (κ1) is 17.6. The number of piperazine rings is 1. The van der Waals surface area contributed by atoms with Crippen molar-refractivity contribution in [2.75, 3.05) is 42.5 Å². The summed E-state index contributed by atoms with van der Waals surface area (Å²) in [6.45, 7) is 6.06. The standard InChI is InChI=1S/C19H25N7O/c1-15-4-2-3-9-26(15)18-6-5-17(22-23-18)24-10-12-25(13-11-24)19(27)16-14-20-7-8-21-16/h5-8,14-15H,2-4,9-13H2,1H3/t15-/m1/s1. The molecule has 2 aromatic heterocycles. The molecular formula is C19H25N7O. The van der Waals surface area contributed by atoms with Gasteiger partial charge in [-0.2, -0.15) is 0 Å². The van der Waals surface area contributed by atoms with Crippen LogP contribution in [0.4, 0.5) is 11.6 Å². The van der Waals surface area contributed by atoms with Crippen LogP contribution in [-0.4, -0.2) is 69.7 Å². The zero-order valence-electron chi connectivity index (χ0n) is 15.7. The molecule has 2 aliphatic rings. The highest BCUT2D eigenvalue weighted by Crippen LogP contribution is 2.23. The van der Waals surface area contributed by atoms with Gasteiger partial charge in [0.1, 0.15) is 5.69 Å². The Morgan fingerprint density at radius 1 is 1.00 bits per heavy atom. The lowest BCUT2D eigenvalue weighted by Crippen LogP contribution is -2.49. The fourth-order valence-corrected chi connectivity index (χ4v) is 3.79. The molecule has 8 nitrogen and oxygen atoms in total. The summed E-state index contributed by atoms with van der Waals surface area (Å²) in [6.07, 6.45) is 8.35. The molecule has 0 saturated carbocycles. The van der Waals surface area contributed by atoms with Crippen molar-refractivity contribution < 1.29 is 4.79 Å². The number of hydrogen-bond donors (Lipinski definition) is 0. The lowest BCUT2D eigenvalue weighted by molar-refractivity contribution is 0.0740. The van der Waals surface area contributed by atoms with E-state index in [1.807, 2.05) is 11.0 Å². The maximum Gasteiger partial charge on any atom is 0.274 e. The number of aromatic nitrogens is 4. The van der Waals surface area contributed by atoms with Crippen molar-refractivity contribution in [2.45, 2.75) is 32.2 Å². The average molecular weight is 367 g/mol. The first-order valence-electron chi connectivity index (χ1n) is 9.63. The Balaban J connectivity index is 1.36. The average Bonchev–Trinajstić information content (AvgIpc) is 2.74. The molecule has 2 fully saturated rings. The van der Waals surface area contributed by atoms with E-state index in [1.54, 1.807) is 12.4 Å². The number of anilines is 2. The normalized spacial score (nSPS) is 20.6. The Kier molecular flexibility index (Phi) is 5.13. The van der Waals surface area contributed by atoms with Gasteiger partial charge >= 0.3 is 0 Å². The minimum Gasteiger partial charge on any atom is -0.352 e. The molecule has 4 rings (SSSR count). The topological polar surface area (TPSA) is 78.4 Å². The third-order valence-corrected chi connectivity index (χ3v) is 5.41. The maximum absolute atomic E-state index is 12.5. The first-order valence-corrected chi connectivity index (χ1v) is 9.63. The van der Waals surface area contributed by atoms with Crippen LogP contribution in [0.2, 0.25) is 0 Å². The van der Waals surface area contributed by atoms with Crippen molar-refractivity contribution in [1.82, 2.24) is 25.1 Å². The second-order valence-electron chi connectivity index (χ2n) is 7.16. The van der Waals surface area contributed by atoms with Crippen molar-refractivity contribution in [1.29, 1.82) is 0 Å². The number of carbonyl (C=O) groups excluding carboxylic acids is 1. The van der Waals surface area contributed by atoms with Crippen LogP contribution in [0, 0.1) is 0 Å². The van der Waals surface area contributed by atoms with Gasteiger partial charge in [-0.3, -0.25) is 9.78 Å². The Morgan fingerprint density at radius 3 is 2.44 bits per heavy atom. The van der Waals surface area contributed by atoms with E-state index in [1.165, 1.54) is 25.5 Å². The Hall–Kier alpha value is -2.77. The molecule has 0 radical (unpaired) electrons. The number of nitrogens with zero attached hydrogens (tertiary/aromatic N) is 7. The van der Waals surface area contributed by atoms with Gasteiger partial charge in [-0.1, -0.05) is 0 Å². The third kappa shape index (κ3) is 3.84. The molecule has 1 amide bonds. The van der Waals surface area contributed by atoms with Crippen LogP contribution in [0.3, 0.4) is 0 Å². The fraction of sp³-hybridized carbons (Fsp3) is 0.526. The van der Waals surface area contributed by atoms with Crippen LogP contribution < -0.4 is 9.80 Å². The Labute approximate surface area is 159 Å². The molecule has 1 atom stereocenters. The highest BCUT2D eigenvalue weighted by Gasteiger charge is 2.25. The minimum atomic E-state index is -0.0664. The lowest BCUT2D eigenvalue weighted by atomic mass is 10.0. The van der Waals surface area contributed by atoms with Crippen LogP contribution >= 0.6 is 0 Å². The summed E-state index contributed by atoms with van der Waals surface area (Å²) in [5, 5.41) is 8.91. The van der Waals surface area contributed by atoms with Crippen molar-refractivity contribution >= 4 is 17.5 Å². The maximum atomic E-state index is 12.5. The predicted octanol–water partition coefficient (Wildman–Crippen LogP) is 1.61. The zero-order valence-corrected chi connectivity index (χ0v) is 15.7. The molecule has 2 aliphatic heterocycles. The molecule has 0 aliphatic carbocycles. The van der Waals surface area contributed by atoms with E-state index in [0.29, 0.717) is 24.8 Å². The van der Waals surface area contributed by atoms with E-state index in [9.17, 15) is 4.79 Å². The van der Waals surface area contributed by atoms with E-state index in [2.05, 4.69) is 43.0 Å². The van der Waals surface area contributed by atoms with Gasteiger partial charge < -0.3 is 14.7 Å². The van der Waals surface area contributed by atoms with Gasteiger partial charge in [0, 0.05) is 51.2 Å². The molecule has 142 valence electrons. The third-order valence-electron chi connectivity index (χ3n) is 5.41. The van der Waals surface area contributed by atoms with Gasteiger partial charge in [0.25, 0.3) is 5.91 Å². The Bertz CT molecular complexity index is 759. The van der Waals surface area contributed by atoms with Gasteiger partial charge in [0.15, 0.2) is 11.6 Å². The smallest absolute Gasteiger partial charge is 0.274 e. The molecule has 27 heavy (non-hydrogen) atoms. The number of hydrogen-bond acceptors (Lipinski definition) is 7. The summed E-state index contributed by atoms with van der Waals surface area (Å²) >= 11 is 0. The molecule has 0 N–H and O–H groups in total. The van der Waals surface area contributed by atoms with Gasteiger partial charge in [-0.25, -0.2) is 4.98 Å². The minimum absolute atomic E-state index is 0.0664. The number of piperidine rings is 1. The van der Waals surface area contributed by atoms with Crippen molar-refractivity contribution in [3.63, 3.8) is 0 Å². The molecule has 2 aromatic rings. The highest BCUT2D eigenvalue weighted by atomic mass is 16.2. The van der Waals surface area contributed by atoms with Crippen molar-refractivity contribution in [2.24, 2.45) is 0 Å². The summed E-state index contributed by atoms with van der Waals surface area (Å²) < 4.78 is 0. The largest absolute Gasteiger partial charge is 0.352 e. The SMILES string of the molecule is C[C@@H]1CCCCN1c1ccc(N2CCN(C(=O)c3cnccn3)CC2)nn1. The van der Waals surface area contributed by atoms with Gasteiger partial charge in [0.05, 0.1) is 6.20 Å². The molecule has 4 heterocycles. The van der Waals surface area contributed by atoms with Crippen molar-refractivity contribution in [3.05, 3.63) is 36.4 Å². The van der Waals surface area contributed by atoms with Crippen LogP contribution in [0.1, 0.15) is 36.7 Å². The van der Waals surface area contributed by atoms with E-state index in [-0.39, 0.29) is 5.91 Å². The summed E-state index contributed by atoms with van der Waals surface area (Å²) in [6, 6.07) is 4.64.